The van der Waals surface area contributed by atoms with Crippen LogP contribution >= 0.6 is 0 Å². The number of nitrogens with zero attached hydrogens (tertiary/aromatic N) is 1. The number of allylic oxidation sites excluding steroid dienone is 1. The number of Topliss-reactive ketones (excluding diaryl/α,β-unsaturated/α-hetero) is 1. The van der Waals surface area contributed by atoms with Gasteiger partial charge < -0.3 is 0 Å². The Morgan fingerprint density at radius 1 is 0.960 bits per heavy atom. The van der Waals surface area contributed by atoms with E-state index in [1.54, 1.807) is 18.9 Å². The highest BCUT2D eigenvalue weighted by Crippen LogP contribution is 2.50. The highest BCUT2D eigenvalue weighted by Gasteiger charge is 2.61. The van der Waals surface area contributed by atoms with E-state index in [0.717, 1.165) is 11.3 Å². The third-order valence-corrected chi connectivity index (χ3v) is 5.11. The van der Waals surface area contributed by atoms with Crippen LogP contribution < -0.4 is 5.06 Å². The zero-order valence-corrected chi connectivity index (χ0v) is 14.2. The molecule has 1 saturated heterocycles. The largest absolute Gasteiger partial charge is 0.294 e. The van der Waals surface area contributed by atoms with Crippen LogP contribution in [0.15, 0.2) is 72.3 Å². The lowest BCUT2D eigenvalue weighted by atomic mass is 9.71. The number of para-hydroxylation sites is 1. The van der Waals surface area contributed by atoms with Crippen molar-refractivity contribution >= 4 is 17.3 Å². The Morgan fingerprint density at radius 3 is 2.20 bits per heavy atom. The summed E-state index contributed by atoms with van der Waals surface area (Å²) in [7, 11) is 0. The van der Waals surface area contributed by atoms with Gasteiger partial charge in [0.05, 0.1) is 17.6 Å². The summed E-state index contributed by atoms with van der Waals surface area (Å²) >= 11 is 0. The molecule has 4 heteroatoms. The molecule has 25 heavy (non-hydrogen) atoms. The fourth-order valence-electron chi connectivity index (χ4n) is 3.77. The molecule has 1 unspecified atom stereocenters. The summed E-state index contributed by atoms with van der Waals surface area (Å²) in [4.78, 5) is 31.9. The van der Waals surface area contributed by atoms with Gasteiger partial charge in [0, 0.05) is 0 Å². The van der Waals surface area contributed by atoms with E-state index >= 15 is 0 Å². The molecule has 4 rings (SSSR count). The fraction of sp³-hybridized carbons (Fsp3) is 0.238. The van der Waals surface area contributed by atoms with Gasteiger partial charge in [0.2, 0.25) is 0 Å². The minimum absolute atomic E-state index is 0.0330. The maximum absolute atomic E-state index is 13.0. The third-order valence-electron chi connectivity index (χ3n) is 5.11. The smallest absolute Gasteiger partial charge is 0.191 e. The number of fused-ring (bicyclic) bond motifs is 1. The maximum atomic E-state index is 13.0. The molecule has 0 amide bonds. The van der Waals surface area contributed by atoms with Gasteiger partial charge in [-0.05, 0) is 43.2 Å². The third kappa shape index (κ3) is 2.33. The minimum Gasteiger partial charge on any atom is -0.294 e. The second kappa shape index (κ2) is 5.67. The van der Waals surface area contributed by atoms with Crippen LogP contribution in [0.2, 0.25) is 0 Å². The van der Waals surface area contributed by atoms with Gasteiger partial charge in [0.25, 0.3) is 0 Å². The summed E-state index contributed by atoms with van der Waals surface area (Å²) in [6.45, 7) is 3.42. The predicted molar refractivity (Wildman–Crippen MR) is 94.9 cm³/mol. The van der Waals surface area contributed by atoms with E-state index in [0.29, 0.717) is 5.57 Å². The Morgan fingerprint density at radius 2 is 1.56 bits per heavy atom. The first-order chi connectivity index (χ1) is 12.0. The number of hydrogen-bond donors (Lipinski definition) is 0. The van der Waals surface area contributed by atoms with Gasteiger partial charge >= 0.3 is 0 Å². The summed E-state index contributed by atoms with van der Waals surface area (Å²) in [5, 5.41) is 1.72. The lowest BCUT2D eigenvalue weighted by molar-refractivity contribution is -0.143. The van der Waals surface area contributed by atoms with Crippen molar-refractivity contribution in [2.45, 2.75) is 25.5 Å². The van der Waals surface area contributed by atoms with Crippen LogP contribution in [0.1, 0.15) is 25.5 Å². The molecule has 1 aliphatic heterocycles. The average Bonchev–Trinajstić information content (AvgIpc) is 2.97. The number of rotatable bonds is 2. The quantitative estimate of drug-likeness (QED) is 0.841. The molecule has 0 bridgehead atoms. The SMILES string of the molecule is CC1=CC(=O)[C@@]2(C)ON(c3ccccc3)[C@@H](c3ccccc3)C2C1=O. The van der Waals surface area contributed by atoms with Crippen molar-refractivity contribution in [1.82, 2.24) is 0 Å². The van der Waals surface area contributed by atoms with E-state index in [4.69, 9.17) is 4.84 Å². The number of carbonyl (C=O) groups is 2. The highest BCUT2D eigenvalue weighted by molar-refractivity contribution is 6.14. The number of hydroxylamine groups is 1. The van der Waals surface area contributed by atoms with Crippen LogP contribution in [0.4, 0.5) is 5.69 Å². The standard InChI is InChI=1S/C21H19NO3/c1-14-13-17(23)21(2)18(20(14)24)19(15-9-5-3-6-10-15)22(25-21)16-11-7-4-8-12-16/h3-13,18-19H,1-2H3/t18?,19-,21+/m0/s1. The van der Waals surface area contributed by atoms with Gasteiger partial charge in [0.15, 0.2) is 17.2 Å². The van der Waals surface area contributed by atoms with Crippen LogP contribution in [0.3, 0.4) is 0 Å². The number of ketones is 2. The molecule has 126 valence electrons. The second-order valence-corrected chi connectivity index (χ2v) is 6.75. The molecule has 1 fully saturated rings. The van der Waals surface area contributed by atoms with Crippen molar-refractivity contribution in [3.05, 3.63) is 77.9 Å². The Labute approximate surface area is 146 Å². The van der Waals surface area contributed by atoms with Crippen LogP contribution in [-0.4, -0.2) is 17.2 Å². The van der Waals surface area contributed by atoms with E-state index in [9.17, 15) is 9.59 Å². The second-order valence-electron chi connectivity index (χ2n) is 6.75. The van der Waals surface area contributed by atoms with Gasteiger partial charge in [-0.3, -0.25) is 14.4 Å². The molecule has 2 aliphatic rings. The number of carbonyl (C=O) groups excluding carboxylic acids is 2. The molecular formula is C21H19NO3. The molecule has 0 aromatic heterocycles. The minimum atomic E-state index is -1.19. The van der Waals surface area contributed by atoms with Crippen molar-refractivity contribution < 1.29 is 14.4 Å². The Bertz CT molecular complexity index is 859. The molecule has 3 atom stereocenters. The normalized spacial score (nSPS) is 28.7. The van der Waals surface area contributed by atoms with Crippen LogP contribution in [-0.2, 0) is 14.4 Å². The first-order valence-corrected chi connectivity index (χ1v) is 8.37. The molecule has 0 saturated carbocycles. The van der Waals surface area contributed by atoms with E-state index in [1.165, 1.54) is 6.08 Å². The van der Waals surface area contributed by atoms with E-state index in [-0.39, 0.29) is 17.6 Å². The number of benzene rings is 2. The first kappa shape index (κ1) is 15.8. The van der Waals surface area contributed by atoms with Gasteiger partial charge in [-0.25, -0.2) is 5.06 Å². The molecule has 0 spiro atoms. The predicted octanol–water partition coefficient (Wildman–Crippen LogP) is 3.65. The topological polar surface area (TPSA) is 46.6 Å². The molecular weight excluding hydrogens is 314 g/mol. The first-order valence-electron chi connectivity index (χ1n) is 8.37. The van der Waals surface area contributed by atoms with Gasteiger partial charge in [-0.15, -0.1) is 0 Å². The number of anilines is 1. The van der Waals surface area contributed by atoms with Crippen molar-refractivity contribution in [2.24, 2.45) is 5.92 Å². The fourth-order valence-corrected chi connectivity index (χ4v) is 3.77. The van der Waals surface area contributed by atoms with Gasteiger partial charge in [0.1, 0.15) is 0 Å². The van der Waals surface area contributed by atoms with E-state index in [1.807, 2.05) is 60.7 Å². The Hall–Kier alpha value is -2.72. The molecule has 1 aliphatic carbocycles. The van der Waals surface area contributed by atoms with Crippen molar-refractivity contribution in [1.29, 1.82) is 0 Å². The van der Waals surface area contributed by atoms with Crippen LogP contribution in [0, 0.1) is 5.92 Å². The van der Waals surface area contributed by atoms with Gasteiger partial charge in [-0.1, -0.05) is 48.5 Å². The zero-order chi connectivity index (χ0) is 17.6. The van der Waals surface area contributed by atoms with Crippen molar-refractivity contribution in [2.75, 3.05) is 5.06 Å². The summed E-state index contributed by atoms with van der Waals surface area (Å²) in [6, 6.07) is 19.0. The molecule has 0 N–H and O–H groups in total. The summed E-state index contributed by atoms with van der Waals surface area (Å²) < 4.78 is 0. The van der Waals surface area contributed by atoms with Crippen LogP contribution in [0.5, 0.6) is 0 Å². The molecule has 2 aromatic rings. The van der Waals surface area contributed by atoms with Crippen molar-refractivity contribution in [3.63, 3.8) is 0 Å². The number of hydrogen-bond acceptors (Lipinski definition) is 4. The summed E-state index contributed by atoms with van der Waals surface area (Å²) in [5.74, 6) is -0.768. The Kier molecular flexibility index (Phi) is 3.58. The van der Waals surface area contributed by atoms with E-state index < -0.39 is 11.5 Å². The lowest BCUT2D eigenvalue weighted by Gasteiger charge is -2.30. The zero-order valence-electron chi connectivity index (χ0n) is 14.2. The summed E-state index contributed by atoms with van der Waals surface area (Å²) in [6.07, 6.45) is 1.41. The monoisotopic (exact) mass is 333 g/mol. The van der Waals surface area contributed by atoms with E-state index in [2.05, 4.69) is 0 Å². The molecule has 4 nitrogen and oxygen atoms in total. The molecule has 1 heterocycles. The van der Waals surface area contributed by atoms with Crippen molar-refractivity contribution in [3.8, 4) is 0 Å². The lowest BCUT2D eigenvalue weighted by Crippen LogP contribution is -2.48. The summed E-state index contributed by atoms with van der Waals surface area (Å²) in [5.41, 5.74) is 1.08. The van der Waals surface area contributed by atoms with Crippen LogP contribution in [0.25, 0.3) is 0 Å². The average molecular weight is 333 g/mol. The van der Waals surface area contributed by atoms with Gasteiger partial charge in [-0.2, -0.15) is 0 Å². The Balaban J connectivity index is 1.90. The highest BCUT2D eigenvalue weighted by atomic mass is 16.7. The molecule has 2 aromatic carbocycles. The maximum Gasteiger partial charge on any atom is 0.191 e. The molecule has 0 radical (unpaired) electrons.